The molecular weight excluding hydrogens is 428 g/mol. The summed E-state index contributed by atoms with van der Waals surface area (Å²) in [6.07, 6.45) is 9.12. The van der Waals surface area contributed by atoms with E-state index in [0.29, 0.717) is 5.92 Å². The third kappa shape index (κ3) is 5.44. The fraction of sp³-hybridized carbons (Fsp3) is 0.462. The summed E-state index contributed by atoms with van der Waals surface area (Å²) in [7, 11) is 0. The van der Waals surface area contributed by atoms with Gasteiger partial charge in [-0.3, -0.25) is 4.79 Å². The average Bonchev–Trinajstić information content (AvgIpc) is 3.55. The number of nitrogens with one attached hydrogen (secondary N) is 1. The molecule has 3 aromatic rings. The molecule has 178 valence electrons. The number of aromatic nitrogens is 4. The second kappa shape index (κ2) is 10.3. The number of pyridine rings is 1. The maximum atomic E-state index is 11.6. The van der Waals surface area contributed by atoms with E-state index in [1.54, 1.807) is 17.1 Å². The smallest absolute Gasteiger partial charge is 0.304 e. The number of nitrogens with zero attached hydrogens (tertiary/aromatic N) is 5. The summed E-state index contributed by atoms with van der Waals surface area (Å²) < 4.78 is 1.71. The molecule has 5 rings (SSSR count). The second-order valence-electron chi connectivity index (χ2n) is 9.53. The van der Waals surface area contributed by atoms with Crippen molar-refractivity contribution in [3.63, 3.8) is 0 Å². The van der Waals surface area contributed by atoms with E-state index in [2.05, 4.69) is 32.7 Å². The van der Waals surface area contributed by atoms with E-state index < -0.39 is 5.97 Å². The summed E-state index contributed by atoms with van der Waals surface area (Å²) in [5, 5.41) is 20.9. The molecule has 0 aliphatic carbocycles. The van der Waals surface area contributed by atoms with Crippen LogP contribution in [0.1, 0.15) is 48.4 Å². The fourth-order valence-corrected chi connectivity index (χ4v) is 5.25. The Kier molecular flexibility index (Phi) is 6.85. The largest absolute Gasteiger partial charge is 0.481 e. The van der Waals surface area contributed by atoms with Crippen LogP contribution >= 0.6 is 0 Å². The number of benzene rings is 1. The molecule has 8 heteroatoms. The fourth-order valence-electron chi connectivity index (χ4n) is 5.25. The molecule has 1 fully saturated rings. The zero-order valence-electron chi connectivity index (χ0n) is 19.4. The number of rotatable bonds is 9. The van der Waals surface area contributed by atoms with E-state index in [9.17, 15) is 9.90 Å². The lowest BCUT2D eigenvalue weighted by atomic mass is 9.94. The number of aryl methyl sites for hydroxylation is 2. The highest BCUT2D eigenvalue weighted by Gasteiger charge is 2.27. The molecule has 2 aromatic heterocycles. The van der Waals surface area contributed by atoms with Crippen LogP contribution in [0.5, 0.6) is 0 Å². The van der Waals surface area contributed by atoms with Crippen molar-refractivity contribution in [2.45, 2.75) is 44.4 Å². The predicted molar refractivity (Wildman–Crippen MR) is 130 cm³/mol. The number of hydrogen-bond acceptors (Lipinski definition) is 6. The molecule has 8 nitrogen and oxygen atoms in total. The number of carboxylic acid groups (broad SMARTS) is 1. The normalized spacial score (nSPS) is 18.9. The first-order chi connectivity index (χ1) is 16.6. The Morgan fingerprint density at radius 3 is 3.06 bits per heavy atom. The van der Waals surface area contributed by atoms with E-state index in [-0.39, 0.29) is 12.3 Å². The molecule has 4 heterocycles. The maximum Gasteiger partial charge on any atom is 0.304 e. The van der Waals surface area contributed by atoms with Gasteiger partial charge >= 0.3 is 5.97 Å². The summed E-state index contributed by atoms with van der Waals surface area (Å²) in [6, 6.07) is 12.4. The van der Waals surface area contributed by atoms with Crippen molar-refractivity contribution >= 4 is 11.8 Å². The molecule has 0 saturated carbocycles. The Labute approximate surface area is 200 Å². The van der Waals surface area contributed by atoms with E-state index in [1.165, 1.54) is 17.7 Å². The number of carboxylic acids is 1. The van der Waals surface area contributed by atoms with Gasteiger partial charge in [-0.05, 0) is 73.9 Å². The summed E-state index contributed by atoms with van der Waals surface area (Å²) in [5.74, 6) is 0.867. The molecular formula is C26H32N6O2. The van der Waals surface area contributed by atoms with Crippen molar-refractivity contribution in [1.82, 2.24) is 24.9 Å². The zero-order valence-corrected chi connectivity index (χ0v) is 19.4. The number of hydrogen-bond donors (Lipinski definition) is 2. The quantitative estimate of drug-likeness (QED) is 0.504. The molecule has 0 bridgehead atoms. The van der Waals surface area contributed by atoms with Crippen molar-refractivity contribution in [3.05, 3.63) is 65.6 Å². The second-order valence-corrected chi connectivity index (χ2v) is 9.53. The number of anilines is 1. The lowest BCUT2D eigenvalue weighted by Crippen LogP contribution is -2.28. The summed E-state index contributed by atoms with van der Waals surface area (Å²) >= 11 is 0. The van der Waals surface area contributed by atoms with Crippen molar-refractivity contribution in [2.75, 3.05) is 31.5 Å². The highest BCUT2D eigenvalue weighted by atomic mass is 16.4. The lowest BCUT2D eigenvalue weighted by molar-refractivity contribution is -0.137. The molecule has 2 aliphatic heterocycles. The van der Waals surface area contributed by atoms with E-state index in [1.807, 2.05) is 24.3 Å². The van der Waals surface area contributed by atoms with Crippen LogP contribution in [0.2, 0.25) is 0 Å². The summed E-state index contributed by atoms with van der Waals surface area (Å²) in [5.41, 5.74) is 4.43. The van der Waals surface area contributed by atoms with E-state index in [4.69, 9.17) is 4.98 Å². The van der Waals surface area contributed by atoms with Gasteiger partial charge in [-0.2, -0.15) is 0 Å². The van der Waals surface area contributed by atoms with Gasteiger partial charge in [0, 0.05) is 31.2 Å². The van der Waals surface area contributed by atoms with E-state index in [0.717, 1.165) is 68.9 Å². The first-order valence-corrected chi connectivity index (χ1v) is 12.3. The zero-order chi connectivity index (χ0) is 23.3. The minimum Gasteiger partial charge on any atom is -0.481 e. The number of fused-ring (bicyclic) bond motifs is 1. The van der Waals surface area contributed by atoms with Gasteiger partial charge in [-0.1, -0.05) is 23.4 Å². The minimum atomic E-state index is -0.765. The molecule has 2 atom stereocenters. The van der Waals surface area contributed by atoms with Crippen LogP contribution in [0.25, 0.3) is 5.69 Å². The molecule has 2 aliphatic rings. The van der Waals surface area contributed by atoms with Gasteiger partial charge in [0.2, 0.25) is 0 Å². The lowest BCUT2D eigenvalue weighted by Gasteiger charge is -2.23. The third-order valence-electron chi connectivity index (χ3n) is 7.06. The summed E-state index contributed by atoms with van der Waals surface area (Å²) in [4.78, 5) is 18.9. The van der Waals surface area contributed by atoms with Gasteiger partial charge < -0.3 is 15.3 Å². The molecule has 2 N–H and O–H groups in total. The Bertz CT molecular complexity index is 1120. The maximum absolute atomic E-state index is 11.6. The van der Waals surface area contributed by atoms with Crippen molar-refractivity contribution in [1.29, 1.82) is 0 Å². The molecule has 0 radical (unpaired) electrons. The van der Waals surface area contributed by atoms with Gasteiger partial charge in [0.25, 0.3) is 0 Å². The monoisotopic (exact) mass is 460 g/mol. The predicted octanol–water partition coefficient (Wildman–Crippen LogP) is 3.53. The van der Waals surface area contributed by atoms with Gasteiger partial charge in [0.1, 0.15) is 5.82 Å². The molecule has 34 heavy (non-hydrogen) atoms. The summed E-state index contributed by atoms with van der Waals surface area (Å²) in [6.45, 7) is 3.80. The van der Waals surface area contributed by atoms with Crippen LogP contribution in [0.15, 0.2) is 48.8 Å². The SMILES string of the molecule is O=C(O)C[C@@H](CN1CC[C@@H](CCc2ccc3c(n2)NCCC3)C1)c1cccc(-n2ccnn2)c1. The van der Waals surface area contributed by atoms with Gasteiger partial charge in [0.05, 0.1) is 24.5 Å². The average molecular weight is 461 g/mol. The molecule has 1 aromatic carbocycles. The number of likely N-dealkylation sites (tertiary alicyclic amines) is 1. The molecule has 1 saturated heterocycles. The van der Waals surface area contributed by atoms with Crippen molar-refractivity contribution < 1.29 is 9.90 Å². The Morgan fingerprint density at radius 2 is 2.21 bits per heavy atom. The standard InChI is InChI=1S/C26H32N6O2/c33-25(34)16-22(21-3-1-5-24(15-21)32-14-12-28-30-32)18-31-13-10-19(17-31)6-8-23-9-7-20-4-2-11-27-26(20)29-23/h1,3,5,7,9,12,14-15,19,22H,2,4,6,8,10-11,13,16-18H2,(H,27,29)(H,33,34)/t19-,22+/m1/s1. The van der Waals surface area contributed by atoms with Gasteiger partial charge in [0.15, 0.2) is 0 Å². The van der Waals surface area contributed by atoms with Crippen LogP contribution in [0, 0.1) is 5.92 Å². The Hall–Kier alpha value is -3.26. The Morgan fingerprint density at radius 1 is 1.26 bits per heavy atom. The van der Waals surface area contributed by atoms with Gasteiger partial charge in [-0.25, -0.2) is 9.67 Å². The highest BCUT2D eigenvalue weighted by Crippen LogP contribution is 2.28. The molecule has 0 unspecified atom stereocenters. The van der Waals surface area contributed by atoms with Crippen LogP contribution in [0.4, 0.5) is 5.82 Å². The van der Waals surface area contributed by atoms with Crippen LogP contribution < -0.4 is 5.32 Å². The minimum absolute atomic E-state index is 0.0619. The van der Waals surface area contributed by atoms with Gasteiger partial charge in [-0.15, -0.1) is 5.10 Å². The van der Waals surface area contributed by atoms with Crippen LogP contribution in [0.3, 0.4) is 0 Å². The first-order valence-electron chi connectivity index (χ1n) is 12.3. The van der Waals surface area contributed by atoms with Crippen molar-refractivity contribution in [3.8, 4) is 5.69 Å². The van der Waals surface area contributed by atoms with Crippen molar-refractivity contribution in [2.24, 2.45) is 5.92 Å². The van der Waals surface area contributed by atoms with Crippen LogP contribution in [-0.4, -0.2) is 62.1 Å². The first kappa shape index (κ1) is 22.5. The van der Waals surface area contributed by atoms with Crippen LogP contribution in [-0.2, 0) is 17.6 Å². The highest BCUT2D eigenvalue weighted by molar-refractivity contribution is 5.68. The van der Waals surface area contributed by atoms with E-state index >= 15 is 0 Å². The molecule has 0 spiro atoms. The molecule has 0 amide bonds. The topological polar surface area (TPSA) is 96.2 Å². The number of carbonyl (C=O) groups is 1. The Balaban J connectivity index is 1.19. The number of aliphatic carboxylic acids is 1. The third-order valence-corrected chi connectivity index (χ3v) is 7.06.